The highest BCUT2D eigenvalue weighted by molar-refractivity contribution is 7.73. The Kier molecular flexibility index (Phi) is 5.65. The lowest BCUT2D eigenvalue weighted by molar-refractivity contribution is -0.138. The Morgan fingerprint density at radius 3 is 2.45 bits per heavy atom. The fraction of sp³-hybridized carbons (Fsp3) is 0.182. The summed E-state index contributed by atoms with van der Waals surface area (Å²) in [5, 5.41) is 19.2. The summed E-state index contributed by atoms with van der Waals surface area (Å²) < 4.78 is 22.8. The zero-order valence-electron chi connectivity index (χ0n) is 10.2. The van der Waals surface area contributed by atoms with Gasteiger partial charge < -0.3 is 20.9 Å². The number of fused-ring (bicyclic) bond motifs is 1. The van der Waals surface area contributed by atoms with Crippen LogP contribution >= 0.6 is 0 Å². The van der Waals surface area contributed by atoms with E-state index in [-0.39, 0.29) is 12.3 Å². The molecule has 0 saturated carbocycles. The first-order chi connectivity index (χ1) is 9.32. The molecule has 7 N–H and O–H groups in total. The first kappa shape index (κ1) is 16.1. The van der Waals surface area contributed by atoms with E-state index in [0.29, 0.717) is 5.56 Å². The van der Waals surface area contributed by atoms with Crippen molar-refractivity contribution in [2.75, 3.05) is 0 Å². The van der Waals surface area contributed by atoms with Crippen molar-refractivity contribution < 1.29 is 28.3 Å². The molecule has 1 atom stereocenters. The Labute approximate surface area is 116 Å². The van der Waals surface area contributed by atoms with Gasteiger partial charge in [0.25, 0.3) is 11.4 Å². The lowest BCUT2D eigenvalue weighted by Crippen LogP contribution is -2.32. The molecule has 0 aliphatic rings. The van der Waals surface area contributed by atoms with Gasteiger partial charge >= 0.3 is 5.97 Å². The van der Waals surface area contributed by atoms with E-state index in [1.807, 2.05) is 24.3 Å². The van der Waals surface area contributed by atoms with E-state index in [1.165, 1.54) is 0 Å². The predicted molar refractivity (Wildman–Crippen MR) is 72.7 cm³/mol. The molecule has 1 aromatic carbocycles. The molecule has 1 aromatic heterocycles. The third-order valence-corrected chi connectivity index (χ3v) is 2.53. The lowest BCUT2D eigenvalue weighted by Gasteiger charge is -2.05. The van der Waals surface area contributed by atoms with Gasteiger partial charge in [-0.05, 0) is 6.07 Å². The van der Waals surface area contributed by atoms with Crippen LogP contribution in [-0.4, -0.2) is 40.5 Å². The van der Waals surface area contributed by atoms with Crippen LogP contribution in [0.15, 0.2) is 24.3 Å². The van der Waals surface area contributed by atoms with E-state index in [2.05, 4.69) is 4.98 Å². The number of hydrogen-bond acceptors (Lipinski definition) is 4. The van der Waals surface area contributed by atoms with Crippen LogP contribution in [0.2, 0.25) is 0 Å². The molecule has 0 aliphatic heterocycles. The third-order valence-electron chi connectivity index (χ3n) is 2.53. The monoisotopic (exact) mass is 302 g/mol. The molecule has 0 fully saturated rings. The maximum absolute atomic E-state index is 10.7. The Morgan fingerprint density at radius 1 is 1.35 bits per heavy atom. The summed E-state index contributed by atoms with van der Waals surface area (Å²) in [6.07, 6.45) is 0.102. The van der Waals surface area contributed by atoms with Crippen molar-refractivity contribution >= 4 is 28.2 Å². The van der Waals surface area contributed by atoms with Crippen LogP contribution in [0.5, 0.6) is 5.88 Å². The summed E-state index contributed by atoms with van der Waals surface area (Å²) in [6, 6.07) is 6.27. The summed E-state index contributed by atoms with van der Waals surface area (Å²) in [5.41, 5.74) is 6.76. The molecule has 1 unspecified atom stereocenters. The highest BCUT2D eigenvalue weighted by Crippen LogP contribution is 2.27. The number of para-hydroxylation sites is 1. The molecule has 0 amide bonds. The number of aliphatic carboxylic acids is 1. The molecule has 0 saturated heterocycles. The molecule has 2 rings (SSSR count). The quantitative estimate of drug-likeness (QED) is 0.451. The number of H-pyrrole nitrogens is 1. The normalized spacial score (nSPS) is 12.0. The van der Waals surface area contributed by atoms with E-state index in [4.69, 9.17) is 24.2 Å². The maximum atomic E-state index is 10.7. The van der Waals surface area contributed by atoms with Crippen LogP contribution in [0.1, 0.15) is 5.56 Å². The van der Waals surface area contributed by atoms with Crippen molar-refractivity contribution in [1.29, 1.82) is 0 Å². The molecule has 0 spiro atoms. The lowest BCUT2D eigenvalue weighted by atomic mass is 10.1. The molecular formula is C11H14N2O6S. The van der Waals surface area contributed by atoms with Gasteiger partial charge in [-0.1, -0.05) is 18.2 Å². The molecule has 110 valence electrons. The standard InChI is InChI=1S/C11H12N2O3.H2O3S/c12-8(11(15)16)5-7-6-3-1-2-4-9(6)13-10(7)14;1-4(2)3/h1-4,8,13-14H,5,12H2,(H,15,16);(H2,1,2,3). The van der Waals surface area contributed by atoms with Crippen LogP contribution in [0.25, 0.3) is 10.9 Å². The number of nitrogens with one attached hydrogen (secondary N) is 1. The van der Waals surface area contributed by atoms with Crippen molar-refractivity contribution in [2.45, 2.75) is 12.5 Å². The van der Waals surface area contributed by atoms with Gasteiger partial charge in [-0.25, -0.2) is 0 Å². The van der Waals surface area contributed by atoms with Gasteiger partial charge in [0.05, 0.1) is 0 Å². The second kappa shape index (κ2) is 7.01. The Bertz CT molecular complexity index is 622. The smallest absolute Gasteiger partial charge is 0.320 e. The summed E-state index contributed by atoms with van der Waals surface area (Å²) in [4.78, 5) is 13.4. The maximum Gasteiger partial charge on any atom is 0.320 e. The van der Waals surface area contributed by atoms with E-state index in [9.17, 15) is 9.90 Å². The summed E-state index contributed by atoms with van der Waals surface area (Å²) in [6.45, 7) is 0. The Morgan fingerprint density at radius 2 is 1.90 bits per heavy atom. The number of carbonyl (C=O) groups is 1. The minimum Gasteiger partial charge on any atom is -0.494 e. The SMILES string of the molecule is NC(Cc1c(O)[nH]c2ccccc12)C(=O)O.O=S(O)O. The highest BCUT2D eigenvalue weighted by atomic mass is 32.2. The van der Waals surface area contributed by atoms with Crippen LogP contribution < -0.4 is 5.73 Å². The highest BCUT2D eigenvalue weighted by Gasteiger charge is 2.18. The molecule has 0 aliphatic carbocycles. The van der Waals surface area contributed by atoms with Crippen LogP contribution in [-0.2, 0) is 22.6 Å². The van der Waals surface area contributed by atoms with E-state index >= 15 is 0 Å². The molecule has 1 heterocycles. The zero-order valence-corrected chi connectivity index (χ0v) is 11.0. The fourth-order valence-electron chi connectivity index (χ4n) is 1.70. The summed E-state index contributed by atoms with van der Waals surface area (Å²) >= 11 is -2.61. The van der Waals surface area contributed by atoms with E-state index < -0.39 is 23.4 Å². The van der Waals surface area contributed by atoms with Crippen molar-refractivity contribution in [3.05, 3.63) is 29.8 Å². The average Bonchev–Trinajstić information content (AvgIpc) is 2.65. The van der Waals surface area contributed by atoms with Gasteiger partial charge in [-0.15, -0.1) is 0 Å². The van der Waals surface area contributed by atoms with Gasteiger partial charge in [0.1, 0.15) is 6.04 Å². The van der Waals surface area contributed by atoms with Crippen LogP contribution in [0.4, 0.5) is 0 Å². The van der Waals surface area contributed by atoms with Gasteiger partial charge in [-0.3, -0.25) is 13.9 Å². The van der Waals surface area contributed by atoms with E-state index in [1.54, 1.807) is 0 Å². The predicted octanol–water partition coefficient (Wildman–Crippen LogP) is 0.509. The second-order valence-corrected chi connectivity index (χ2v) is 4.34. The van der Waals surface area contributed by atoms with Gasteiger partial charge in [-0.2, -0.15) is 4.21 Å². The van der Waals surface area contributed by atoms with Crippen LogP contribution in [0.3, 0.4) is 0 Å². The Hall–Kier alpha value is -1.94. The molecule has 2 aromatic rings. The second-order valence-electron chi connectivity index (χ2n) is 3.88. The average molecular weight is 302 g/mol. The fourth-order valence-corrected chi connectivity index (χ4v) is 1.70. The third kappa shape index (κ3) is 4.31. The zero-order chi connectivity index (χ0) is 15.3. The molecule has 0 radical (unpaired) electrons. The first-order valence-corrected chi connectivity index (χ1v) is 6.46. The molecule has 9 heteroatoms. The van der Waals surface area contributed by atoms with Gasteiger partial charge in [0.2, 0.25) is 0 Å². The van der Waals surface area contributed by atoms with Crippen LogP contribution in [0, 0.1) is 0 Å². The van der Waals surface area contributed by atoms with Crippen molar-refractivity contribution in [3.63, 3.8) is 0 Å². The number of aromatic hydroxyl groups is 1. The number of carboxylic acids is 1. The topological polar surface area (TPSA) is 157 Å². The van der Waals surface area contributed by atoms with Gasteiger partial charge in [0, 0.05) is 22.9 Å². The number of aromatic nitrogens is 1. The van der Waals surface area contributed by atoms with E-state index in [0.717, 1.165) is 10.9 Å². The van der Waals surface area contributed by atoms with Crippen molar-refractivity contribution in [1.82, 2.24) is 4.98 Å². The van der Waals surface area contributed by atoms with Crippen molar-refractivity contribution in [2.24, 2.45) is 5.73 Å². The number of aromatic amines is 1. The van der Waals surface area contributed by atoms with Crippen molar-refractivity contribution in [3.8, 4) is 5.88 Å². The largest absolute Gasteiger partial charge is 0.494 e. The number of benzene rings is 1. The molecule has 0 bridgehead atoms. The molecular weight excluding hydrogens is 288 g/mol. The first-order valence-electron chi connectivity index (χ1n) is 5.39. The number of carboxylic acid groups (broad SMARTS) is 1. The minimum absolute atomic E-state index is 0.0158. The minimum atomic E-state index is -2.61. The number of nitrogens with two attached hydrogens (primary N) is 1. The number of hydrogen-bond donors (Lipinski definition) is 6. The van der Waals surface area contributed by atoms with Gasteiger partial charge in [0.15, 0.2) is 5.88 Å². The Balaban J connectivity index is 0.000000444. The summed E-state index contributed by atoms with van der Waals surface area (Å²) in [7, 11) is 0. The summed E-state index contributed by atoms with van der Waals surface area (Å²) in [5.74, 6) is -1.09. The number of rotatable bonds is 3. The molecule has 8 nitrogen and oxygen atoms in total. The molecule has 20 heavy (non-hydrogen) atoms.